The van der Waals surface area contributed by atoms with E-state index in [9.17, 15) is 9.90 Å². The molecule has 0 aromatic heterocycles. The van der Waals surface area contributed by atoms with Crippen molar-refractivity contribution in [2.75, 3.05) is 11.9 Å². The fourth-order valence-corrected chi connectivity index (χ4v) is 2.11. The maximum absolute atomic E-state index is 12.2. The van der Waals surface area contributed by atoms with Crippen molar-refractivity contribution < 1.29 is 19.4 Å². The summed E-state index contributed by atoms with van der Waals surface area (Å²) in [6.07, 6.45) is -0.750. The first-order valence-corrected chi connectivity index (χ1v) is 6.62. The predicted octanol–water partition coefficient (Wildman–Crippen LogP) is 2.48. The largest absolute Gasteiger partial charge is 0.506 e. The summed E-state index contributed by atoms with van der Waals surface area (Å²) in [6, 6.07) is 12.2. The quantitative estimate of drug-likeness (QED) is 0.832. The molecule has 1 aliphatic heterocycles. The Labute approximate surface area is 122 Å². The van der Waals surface area contributed by atoms with Gasteiger partial charge in [-0.05, 0) is 36.8 Å². The molecule has 1 heterocycles. The number of benzene rings is 2. The summed E-state index contributed by atoms with van der Waals surface area (Å²) in [7, 11) is 0. The standard InChI is InChI=1S/C16H15NO4/c1-10-6-7-12(18)11(8-10)17-16(19)15-9-20-13-4-2-3-5-14(13)21-15/h2-8,15,18H,9H2,1H3,(H,17,19). The first-order chi connectivity index (χ1) is 10.1. The average molecular weight is 285 g/mol. The Balaban J connectivity index is 1.74. The minimum Gasteiger partial charge on any atom is -0.506 e. The molecule has 2 aromatic carbocycles. The number of hydrogen-bond acceptors (Lipinski definition) is 4. The zero-order chi connectivity index (χ0) is 14.8. The molecule has 5 heteroatoms. The van der Waals surface area contributed by atoms with Crippen LogP contribution in [0.15, 0.2) is 42.5 Å². The van der Waals surface area contributed by atoms with Gasteiger partial charge in [-0.3, -0.25) is 4.79 Å². The Morgan fingerprint density at radius 3 is 2.81 bits per heavy atom. The second-order valence-electron chi connectivity index (χ2n) is 4.87. The number of aromatic hydroxyl groups is 1. The van der Waals surface area contributed by atoms with Crippen molar-refractivity contribution in [3.8, 4) is 17.2 Å². The van der Waals surface area contributed by atoms with Crippen LogP contribution in [0, 0.1) is 6.92 Å². The number of carbonyl (C=O) groups excluding carboxylic acids is 1. The fraction of sp³-hybridized carbons (Fsp3) is 0.188. The monoisotopic (exact) mass is 285 g/mol. The molecule has 108 valence electrons. The van der Waals surface area contributed by atoms with E-state index in [1.54, 1.807) is 30.3 Å². The molecular formula is C16H15NO4. The van der Waals surface area contributed by atoms with Crippen molar-refractivity contribution in [3.05, 3.63) is 48.0 Å². The molecule has 1 unspecified atom stereocenters. The number of hydrogen-bond donors (Lipinski definition) is 2. The van der Waals surface area contributed by atoms with Crippen molar-refractivity contribution in [1.29, 1.82) is 0 Å². The molecule has 0 saturated carbocycles. The maximum atomic E-state index is 12.2. The molecule has 0 aliphatic carbocycles. The Morgan fingerprint density at radius 1 is 1.24 bits per heavy atom. The molecule has 1 aliphatic rings. The number of phenolic OH excluding ortho intramolecular Hbond substituents is 1. The molecule has 2 N–H and O–H groups in total. The normalized spacial score (nSPS) is 16.3. The maximum Gasteiger partial charge on any atom is 0.269 e. The lowest BCUT2D eigenvalue weighted by Gasteiger charge is -2.25. The smallest absolute Gasteiger partial charge is 0.269 e. The number of fused-ring (bicyclic) bond motifs is 1. The van der Waals surface area contributed by atoms with Gasteiger partial charge in [-0.1, -0.05) is 18.2 Å². The molecule has 1 amide bonds. The summed E-state index contributed by atoms with van der Waals surface area (Å²) < 4.78 is 11.1. The van der Waals surface area contributed by atoms with Gasteiger partial charge in [0.15, 0.2) is 11.5 Å². The zero-order valence-corrected chi connectivity index (χ0v) is 11.5. The van der Waals surface area contributed by atoms with Gasteiger partial charge in [0.25, 0.3) is 5.91 Å². The summed E-state index contributed by atoms with van der Waals surface area (Å²) in [5.41, 5.74) is 1.30. The highest BCUT2D eigenvalue weighted by atomic mass is 16.6. The van der Waals surface area contributed by atoms with E-state index in [1.807, 2.05) is 19.1 Å². The van der Waals surface area contributed by atoms with Crippen LogP contribution in [0.1, 0.15) is 5.56 Å². The second kappa shape index (κ2) is 5.36. The molecule has 0 radical (unpaired) electrons. The van der Waals surface area contributed by atoms with Gasteiger partial charge in [0.2, 0.25) is 6.10 Å². The molecule has 1 atom stereocenters. The van der Waals surface area contributed by atoms with Gasteiger partial charge in [-0.15, -0.1) is 0 Å². The van der Waals surface area contributed by atoms with Gasteiger partial charge < -0.3 is 19.9 Å². The Bertz CT molecular complexity index is 684. The van der Waals surface area contributed by atoms with Crippen LogP contribution in [-0.4, -0.2) is 23.7 Å². The van der Waals surface area contributed by atoms with Crippen LogP contribution in [0.25, 0.3) is 0 Å². The molecule has 5 nitrogen and oxygen atoms in total. The fourth-order valence-electron chi connectivity index (χ4n) is 2.11. The highest BCUT2D eigenvalue weighted by molar-refractivity contribution is 5.96. The van der Waals surface area contributed by atoms with Gasteiger partial charge in [0.05, 0.1) is 5.69 Å². The highest BCUT2D eigenvalue weighted by Gasteiger charge is 2.27. The van der Waals surface area contributed by atoms with E-state index in [2.05, 4.69) is 5.32 Å². The van der Waals surface area contributed by atoms with Crippen LogP contribution in [0.3, 0.4) is 0 Å². The highest BCUT2D eigenvalue weighted by Crippen LogP contribution is 2.31. The minimum atomic E-state index is -0.750. The molecule has 0 saturated heterocycles. The van der Waals surface area contributed by atoms with Crippen LogP contribution < -0.4 is 14.8 Å². The van der Waals surface area contributed by atoms with E-state index >= 15 is 0 Å². The zero-order valence-electron chi connectivity index (χ0n) is 11.5. The number of nitrogens with one attached hydrogen (secondary N) is 1. The van der Waals surface area contributed by atoms with Gasteiger partial charge >= 0.3 is 0 Å². The van der Waals surface area contributed by atoms with Gasteiger partial charge in [0.1, 0.15) is 12.4 Å². The van der Waals surface area contributed by atoms with E-state index in [0.717, 1.165) is 5.56 Å². The molecule has 0 spiro atoms. The number of anilines is 1. The van der Waals surface area contributed by atoms with E-state index in [0.29, 0.717) is 17.2 Å². The van der Waals surface area contributed by atoms with Crippen molar-refractivity contribution in [2.24, 2.45) is 0 Å². The Morgan fingerprint density at radius 2 is 2.00 bits per heavy atom. The van der Waals surface area contributed by atoms with Crippen LogP contribution >= 0.6 is 0 Å². The van der Waals surface area contributed by atoms with Gasteiger partial charge in [-0.25, -0.2) is 0 Å². The molecular weight excluding hydrogens is 270 g/mol. The van der Waals surface area contributed by atoms with Crippen LogP contribution in [0.5, 0.6) is 17.2 Å². The number of amides is 1. The summed E-state index contributed by atoms with van der Waals surface area (Å²) in [4.78, 5) is 12.2. The Kier molecular flexibility index (Phi) is 3.39. The third-order valence-corrected chi connectivity index (χ3v) is 3.21. The minimum absolute atomic E-state index is 0.0195. The summed E-state index contributed by atoms with van der Waals surface area (Å²) >= 11 is 0. The number of rotatable bonds is 2. The average Bonchev–Trinajstić information content (AvgIpc) is 2.50. The third-order valence-electron chi connectivity index (χ3n) is 3.21. The van der Waals surface area contributed by atoms with Gasteiger partial charge in [0, 0.05) is 0 Å². The molecule has 3 rings (SSSR count). The lowest BCUT2D eigenvalue weighted by Crippen LogP contribution is -2.40. The summed E-state index contributed by atoms with van der Waals surface area (Å²) in [5, 5.41) is 12.4. The van der Waals surface area contributed by atoms with E-state index in [4.69, 9.17) is 9.47 Å². The predicted molar refractivity (Wildman–Crippen MR) is 77.8 cm³/mol. The molecule has 0 fully saturated rings. The first kappa shape index (κ1) is 13.3. The van der Waals surface area contributed by atoms with Crippen molar-refractivity contribution in [2.45, 2.75) is 13.0 Å². The third kappa shape index (κ3) is 2.76. The van der Waals surface area contributed by atoms with Crippen molar-refractivity contribution in [3.63, 3.8) is 0 Å². The van der Waals surface area contributed by atoms with Crippen LogP contribution in [0.2, 0.25) is 0 Å². The molecule has 0 bridgehead atoms. The number of carbonyl (C=O) groups is 1. The lowest BCUT2D eigenvalue weighted by molar-refractivity contribution is -0.125. The molecule has 21 heavy (non-hydrogen) atoms. The number of para-hydroxylation sites is 2. The second-order valence-corrected chi connectivity index (χ2v) is 4.87. The summed E-state index contributed by atoms with van der Waals surface area (Å²) in [6.45, 7) is 2.01. The number of phenols is 1. The van der Waals surface area contributed by atoms with E-state index < -0.39 is 6.10 Å². The molecule has 2 aromatic rings. The van der Waals surface area contributed by atoms with Crippen molar-refractivity contribution >= 4 is 11.6 Å². The topological polar surface area (TPSA) is 67.8 Å². The lowest BCUT2D eigenvalue weighted by atomic mass is 10.2. The first-order valence-electron chi connectivity index (χ1n) is 6.62. The van der Waals surface area contributed by atoms with Crippen LogP contribution in [0.4, 0.5) is 5.69 Å². The van der Waals surface area contributed by atoms with Crippen molar-refractivity contribution in [1.82, 2.24) is 0 Å². The SMILES string of the molecule is Cc1ccc(O)c(NC(=O)C2COc3ccccc3O2)c1. The van der Waals surface area contributed by atoms with Crippen LogP contribution in [-0.2, 0) is 4.79 Å². The number of aryl methyl sites for hydroxylation is 1. The summed E-state index contributed by atoms with van der Waals surface area (Å²) in [5.74, 6) is 0.828. The Hall–Kier alpha value is -2.69. The van der Waals surface area contributed by atoms with E-state index in [1.165, 1.54) is 0 Å². The van der Waals surface area contributed by atoms with E-state index in [-0.39, 0.29) is 18.3 Å². The number of ether oxygens (including phenoxy) is 2. The van der Waals surface area contributed by atoms with Gasteiger partial charge in [-0.2, -0.15) is 0 Å².